The highest BCUT2D eigenvalue weighted by molar-refractivity contribution is 5.62. The van der Waals surface area contributed by atoms with Gasteiger partial charge in [-0.3, -0.25) is 4.98 Å². The summed E-state index contributed by atoms with van der Waals surface area (Å²) in [4.78, 5) is 5.51. The van der Waals surface area contributed by atoms with E-state index < -0.39 is 18.4 Å². The van der Waals surface area contributed by atoms with Crippen molar-refractivity contribution in [3.63, 3.8) is 0 Å². The smallest absolute Gasteiger partial charge is 0.376 e. The number of nitrogens with one attached hydrogen (secondary N) is 1. The van der Waals surface area contributed by atoms with Crippen molar-refractivity contribution in [3.05, 3.63) is 36.2 Å². The molecule has 184 valence electrons. The lowest BCUT2D eigenvalue weighted by molar-refractivity contribution is -0.140. The summed E-state index contributed by atoms with van der Waals surface area (Å²) < 4.78 is 63.4. The molecule has 34 heavy (non-hydrogen) atoms. The van der Waals surface area contributed by atoms with Crippen LogP contribution in [-0.2, 0) is 10.9 Å². The fourth-order valence-electron chi connectivity index (χ4n) is 5.72. The molecule has 0 bridgehead atoms. The van der Waals surface area contributed by atoms with Gasteiger partial charge in [0.25, 0.3) is 0 Å². The van der Waals surface area contributed by atoms with Gasteiger partial charge in [-0.2, -0.15) is 13.2 Å². The Labute approximate surface area is 201 Å². The lowest BCUT2D eigenvalue weighted by Crippen LogP contribution is -2.39. The number of rotatable bonds is 5. The predicted octanol–water partition coefficient (Wildman–Crippen LogP) is 4.88. The monoisotopic (exact) mass is 477 g/mol. The van der Waals surface area contributed by atoms with Crippen molar-refractivity contribution < 1.29 is 20.6 Å². The molecule has 2 saturated heterocycles. The average Bonchev–Trinajstić information content (AvgIpc) is 3.38. The molecule has 2 unspecified atom stereocenters. The molecule has 5 rings (SSSR count). The van der Waals surface area contributed by atoms with Crippen LogP contribution in [0.3, 0.4) is 0 Å². The van der Waals surface area contributed by atoms with Gasteiger partial charge in [0.2, 0.25) is 0 Å². The average molecular weight is 478 g/mol. The Kier molecular flexibility index (Phi) is 5.62. The molecule has 9 heteroatoms. The van der Waals surface area contributed by atoms with Crippen LogP contribution in [0.15, 0.2) is 30.5 Å². The van der Waals surface area contributed by atoms with Crippen LogP contribution in [0.5, 0.6) is 0 Å². The van der Waals surface area contributed by atoms with E-state index >= 15 is 0 Å². The van der Waals surface area contributed by atoms with Crippen LogP contribution in [-0.4, -0.2) is 57.9 Å². The predicted molar refractivity (Wildman–Crippen MR) is 123 cm³/mol. The van der Waals surface area contributed by atoms with Gasteiger partial charge in [-0.05, 0) is 81.5 Å². The molecule has 3 fully saturated rings. The minimum absolute atomic E-state index is 0.0412. The molecular weight excluding hydrogens is 443 g/mol. The maximum atomic E-state index is 13.3. The van der Waals surface area contributed by atoms with E-state index in [0.717, 1.165) is 38.5 Å². The molecule has 6 nitrogen and oxygen atoms in total. The van der Waals surface area contributed by atoms with E-state index in [-0.39, 0.29) is 28.8 Å². The molecule has 2 aromatic rings. The highest BCUT2D eigenvalue weighted by atomic mass is 19.4. The molecule has 1 aliphatic carbocycles. The maximum absolute atomic E-state index is 13.3. The number of likely N-dealkylation sites (tertiary alicyclic amines) is 1. The standard InChI is InChI=1S/C25H32F3N5O/c1-24(2)12-16(7-9-34-24)13-33-14-17-10-19(11-18(17)15-33)30-22-6-5-21(31-32-22)20-4-3-8-29-23(20)25(26,27)28/h3-6,8,16-19H,7,9-15H2,1-2H3,(H,30,32)/t16-,17?,18?,19?/m1/s1/i13D2. The highest BCUT2D eigenvalue weighted by Gasteiger charge is 2.42. The summed E-state index contributed by atoms with van der Waals surface area (Å²) in [6, 6.07) is 6.16. The van der Waals surface area contributed by atoms with Gasteiger partial charge in [0, 0.05) is 46.7 Å². The summed E-state index contributed by atoms with van der Waals surface area (Å²) in [5.41, 5.74) is -1.24. The Hall–Kier alpha value is -2.26. The zero-order valence-corrected chi connectivity index (χ0v) is 19.5. The molecule has 3 aliphatic rings. The van der Waals surface area contributed by atoms with Crippen LogP contribution in [0, 0.1) is 17.8 Å². The number of fused-ring (bicyclic) bond motifs is 1. The first-order valence-corrected chi connectivity index (χ1v) is 11.9. The van der Waals surface area contributed by atoms with E-state index in [9.17, 15) is 13.2 Å². The van der Waals surface area contributed by atoms with Crippen LogP contribution < -0.4 is 5.32 Å². The van der Waals surface area contributed by atoms with Gasteiger partial charge in [0.15, 0.2) is 5.69 Å². The van der Waals surface area contributed by atoms with Gasteiger partial charge >= 0.3 is 6.18 Å². The summed E-state index contributed by atoms with van der Waals surface area (Å²) in [7, 11) is 0. The van der Waals surface area contributed by atoms with Crippen molar-refractivity contribution in [1.29, 1.82) is 0 Å². The molecular formula is C25H32F3N5O. The van der Waals surface area contributed by atoms with Gasteiger partial charge < -0.3 is 15.0 Å². The number of pyridine rings is 1. The first-order chi connectivity index (χ1) is 16.9. The molecule has 2 aliphatic heterocycles. The summed E-state index contributed by atoms with van der Waals surface area (Å²) in [5.74, 6) is 1.29. The molecule has 0 radical (unpaired) electrons. The van der Waals surface area contributed by atoms with E-state index in [0.29, 0.717) is 30.7 Å². The van der Waals surface area contributed by atoms with Crippen LogP contribution in [0.1, 0.15) is 48.0 Å². The first kappa shape index (κ1) is 21.1. The number of hydrogen-bond donors (Lipinski definition) is 1. The third kappa shape index (κ3) is 5.20. The zero-order valence-electron chi connectivity index (χ0n) is 21.5. The Morgan fingerprint density at radius 3 is 2.59 bits per heavy atom. The van der Waals surface area contributed by atoms with E-state index in [2.05, 4.69) is 20.5 Å². The fourth-order valence-corrected chi connectivity index (χ4v) is 5.72. The first-order valence-electron chi connectivity index (χ1n) is 12.9. The van der Waals surface area contributed by atoms with E-state index in [1.807, 2.05) is 18.7 Å². The molecule has 3 atom stereocenters. The van der Waals surface area contributed by atoms with Crippen molar-refractivity contribution in [2.75, 3.05) is 31.5 Å². The van der Waals surface area contributed by atoms with Crippen molar-refractivity contribution in [1.82, 2.24) is 20.1 Å². The van der Waals surface area contributed by atoms with Gasteiger partial charge in [-0.15, -0.1) is 10.2 Å². The molecule has 2 aromatic heterocycles. The summed E-state index contributed by atoms with van der Waals surface area (Å²) in [6.45, 7) is 4.79. The molecule has 0 amide bonds. The number of ether oxygens (including phenoxy) is 1. The minimum Gasteiger partial charge on any atom is -0.376 e. The largest absolute Gasteiger partial charge is 0.434 e. The second kappa shape index (κ2) is 9.07. The molecule has 0 aromatic carbocycles. The summed E-state index contributed by atoms with van der Waals surface area (Å²) in [5, 5.41) is 11.5. The van der Waals surface area contributed by atoms with Crippen LogP contribution in [0.2, 0.25) is 0 Å². The maximum Gasteiger partial charge on any atom is 0.434 e. The van der Waals surface area contributed by atoms with E-state index in [1.54, 1.807) is 6.07 Å². The SMILES string of the molecule is [2H]C([2H])([C@@H]1CCOC(C)(C)C1)N1CC2CC(Nc3ccc(-c4cccnc4C(F)(F)F)nn3)CC2C1. The van der Waals surface area contributed by atoms with E-state index in [4.69, 9.17) is 7.48 Å². The lowest BCUT2D eigenvalue weighted by Gasteiger charge is -2.37. The number of aromatic nitrogens is 3. The quantitative estimate of drug-likeness (QED) is 0.662. The van der Waals surface area contributed by atoms with Gasteiger partial charge in [0.1, 0.15) is 5.82 Å². The van der Waals surface area contributed by atoms with E-state index in [1.165, 1.54) is 18.2 Å². The van der Waals surface area contributed by atoms with Crippen LogP contribution in [0.25, 0.3) is 11.3 Å². The minimum atomic E-state index is -4.57. The Bertz CT molecular complexity index is 1070. The molecule has 1 saturated carbocycles. The lowest BCUT2D eigenvalue weighted by atomic mass is 9.88. The topological polar surface area (TPSA) is 63.2 Å². The normalized spacial score (nSPS) is 30.5. The van der Waals surface area contributed by atoms with Crippen molar-refractivity contribution in [3.8, 4) is 11.3 Å². The van der Waals surface area contributed by atoms with Gasteiger partial charge in [-0.25, -0.2) is 0 Å². The van der Waals surface area contributed by atoms with Crippen LogP contribution in [0.4, 0.5) is 19.0 Å². The van der Waals surface area contributed by atoms with Gasteiger partial charge in [-0.1, -0.05) is 0 Å². The third-order valence-corrected chi connectivity index (χ3v) is 7.18. The molecule has 0 spiro atoms. The molecule has 4 heterocycles. The number of alkyl halides is 3. The van der Waals surface area contributed by atoms with Crippen LogP contribution >= 0.6 is 0 Å². The summed E-state index contributed by atoms with van der Waals surface area (Å²) >= 11 is 0. The van der Waals surface area contributed by atoms with Crippen molar-refractivity contribution in [2.45, 2.75) is 57.3 Å². The Balaban J connectivity index is 1.19. The number of nitrogens with zero attached hydrogens (tertiary/aromatic N) is 4. The number of halogens is 3. The van der Waals surface area contributed by atoms with Gasteiger partial charge in [0.05, 0.1) is 11.3 Å². The highest BCUT2D eigenvalue weighted by Crippen LogP contribution is 2.40. The second-order valence-corrected chi connectivity index (χ2v) is 10.4. The Morgan fingerprint density at radius 1 is 1.18 bits per heavy atom. The van der Waals surface area contributed by atoms with Crippen molar-refractivity contribution in [2.24, 2.45) is 17.8 Å². The van der Waals surface area contributed by atoms with Crippen molar-refractivity contribution >= 4 is 5.82 Å². The Morgan fingerprint density at radius 2 is 1.94 bits per heavy atom. The molecule has 1 N–H and O–H groups in total. The zero-order chi connectivity index (χ0) is 25.7. The third-order valence-electron chi connectivity index (χ3n) is 7.18. The second-order valence-electron chi connectivity index (χ2n) is 10.4. The fraction of sp³-hybridized carbons (Fsp3) is 0.640. The number of anilines is 1. The number of hydrogen-bond acceptors (Lipinski definition) is 6. The summed E-state index contributed by atoms with van der Waals surface area (Å²) in [6.07, 6.45) is -0.189.